The molecule has 0 radical (unpaired) electrons. The minimum absolute atomic E-state index is 0.0566. The lowest BCUT2D eigenvalue weighted by Gasteiger charge is -2.15. The number of nitrogens with one attached hydrogen (secondary N) is 1. The van der Waals surface area contributed by atoms with Crippen LogP contribution >= 0.6 is 0 Å². The third-order valence-corrected chi connectivity index (χ3v) is 3.96. The van der Waals surface area contributed by atoms with Gasteiger partial charge < -0.3 is 19.9 Å². The zero-order chi connectivity index (χ0) is 19.1. The van der Waals surface area contributed by atoms with E-state index in [0.717, 1.165) is 11.1 Å². The minimum Gasteiger partial charge on any atom is -0.493 e. The molecule has 0 bridgehead atoms. The summed E-state index contributed by atoms with van der Waals surface area (Å²) in [5.74, 6) is 0.227. The quantitative estimate of drug-likeness (QED) is 0.759. The van der Waals surface area contributed by atoms with Crippen LogP contribution < -0.4 is 14.8 Å². The molecule has 0 aliphatic heterocycles. The van der Waals surface area contributed by atoms with Crippen molar-refractivity contribution < 1.29 is 24.2 Å². The van der Waals surface area contributed by atoms with Crippen LogP contribution in [0.15, 0.2) is 42.5 Å². The van der Waals surface area contributed by atoms with E-state index < -0.39 is 5.97 Å². The van der Waals surface area contributed by atoms with Crippen LogP contribution in [0, 0.1) is 0 Å². The molecular formula is C20H23NO5. The Hall–Kier alpha value is -3.02. The van der Waals surface area contributed by atoms with Gasteiger partial charge in [0.2, 0.25) is 5.91 Å². The summed E-state index contributed by atoms with van der Waals surface area (Å²) in [5.41, 5.74) is 2.00. The molecule has 0 saturated heterocycles. The zero-order valence-electron chi connectivity index (χ0n) is 15.1. The third kappa shape index (κ3) is 5.24. The van der Waals surface area contributed by atoms with Crippen molar-refractivity contribution in [1.82, 2.24) is 5.32 Å². The van der Waals surface area contributed by atoms with E-state index in [0.29, 0.717) is 17.9 Å². The standard InChI is InChI=1S/C20H23NO5/c1-13(10-15-6-9-17(25-2)18(11-15)26-3)21-19(22)12-14-4-7-16(8-5-14)20(23)24/h4-9,11,13H,10,12H2,1-3H3,(H,21,22)(H,23,24). The van der Waals surface area contributed by atoms with Crippen molar-refractivity contribution in [1.29, 1.82) is 0 Å². The van der Waals surface area contributed by atoms with Gasteiger partial charge in [-0.3, -0.25) is 4.79 Å². The molecule has 138 valence electrons. The van der Waals surface area contributed by atoms with Crippen LogP contribution in [0.5, 0.6) is 11.5 Å². The Bertz CT molecular complexity index is 770. The molecule has 0 spiro atoms. The second kappa shape index (κ2) is 8.89. The van der Waals surface area contributed by atoms with Crippen LogP contribution in [-0.2, 0) is 17.6 Å². The second-order valence-electron chi connectivity index (χ2n) is 6.04. The van der Waals surface area contributed by atoms with Gasteiger partial charge in [-0.1, -0.05) is 18.2 Å². The number of amides is 1. The van der Waals surface area contributed by atoms with Crippen molar-refractivity contribution in [3.63, 3.8) is 0 Å². The van der Waals surface area contributed by atoms with E-state index in [4.69, 9.17) is 14.6 Å². The summed E-state index contributed by atoms with van der Waals surface area (Å²) in [5, 5.41) is 11.8. The third-order valence-electron chi connectivity index (χ3n) is 3.96. The number of methoxy groups -OCH3 is 2. The van der Waals surface area contributed by atoms with Crippen molar-refractivity contribution in [2.24, 2.45) is 0 Å². The zero-order valence-corrected chi connectivity index (χ0v) is 15.1. The molecule has 2 N–H and O–H groups in total. The number of hydrogen-bond acceptors (Lipinski definition) is 4. The van der Waals surface area contributed by atoms with E-state index in [1.807, 2.05) is 25.1 Å². The molecule has 2 rings (SSSR count). The summed E-state index contributed by atoms with van der Waals surface area (Å²) in [6, 6.07) is 11.9. The molecule has 0 aliphatic carbocycles. The van der Waals surface area contributed by atoms with Gasteiger partial charge in [0.15, 0.2) is 11.5 Å². The summed E-state index contributed by atoms with van der Waals surface area (Å²) >= 11 is 0. The Morgan fingerprint density at radius 3 is 2.19 bits per heavy atom. The molecule has 2 aromatic rings. The maximum Gasteiger partial charge on any atom is 0.335 e. The van der Waals surface area contributed by atoms with Gasteiger partial charge in [0.1, 0.15) is 0 Å². The molecule has 0 fully saturated rings. The van der Waals surface area contributed by atoms with E-state index in [1.54, 1.807) is 26.4 Å². The van der Waals surface area contributed by atoms with E-state index in [1.165, 1.54) is 12.1 Å². The fourth-order valence-electron chi connectivity index (χ4n) is 2.69. The lowest BCUT2D eigenvalue weighted by Crippen LogP contribution is -2.35. The highest BCUT2D eigenvalue weighted by molar-refractivity contribution is 5.87. The smallest absolute Gasteiger partial charge is 0.335 e. The van der Waals surface area contributed by atoms with Gasteiger partial charge in [0, 0.05) is 6.04 Å². The first kappa shape index (κ1) is 19.3. The topological polar surface area (TPSA) is 84.9 Å². The molecule has 2 aromatic carbocycles. The van der Waals surface area contributed by atoms with E-state index >= 15 is 0 Å². The van der Waals surface area contributed by atoms with Crippen LogP contribution in [0.4, 0.5) is 0 Å². The van der Waals surface area contributed by atoms with Crippen LogP contribution in [-0.4, -0.2) is 37.2 Å². The summed E-state index contributed by atoms with van der Waals surface area (Å²) in [6.07, 6.45) is 0.861. The molecule has 1 unspecified atom stereocenters. The lowest BCUT2D eigenvalue weighted by atomic mass is 10.1. The van der Waals surface area contributed by atoms with Gasteiger partial charge in [-0.2, -0.15) is 0 Å². The van der Waals surface area contributed by atoms with Gasteiger partial charge >= 0.3 is 5.97 Å². The first-order chi connectivity index (χ1) is 12.4. The normalized spacial score (nSPS) is 11.5. The number of carbonyl (C=O) groups is 2. The summed E-state index contributed by atoms with van der Waals surface area (Å²) in [7, 11) is 3.17. The second-order valence-corrected chi connectivity index (χ2v) is 6.04. The molecule has 26 heavy (non-hydrogen) atoms. The number of ether oxygens (including phenoxy) is 2. The maximum absolute atomic E-state index is 12.2. The maximum atomic E-state index is 12.2. The van der Waals surface area contributed by atoms with E-state index in [-0.39, 0.29) is 23.9 Å². The molecule has 0 saturated carbocycles. The molecule has 0 aliphatic rings. The van der Waals surface area contributed by atoms with Gasteiger partial charge in [-0.15, -0.1) is 0 Å². The van der Waals surface area contributed by atoms with Crippen molar-refractivity contribution in [2.75, 3.05) is 14.2 Å². The summed E-state index contributed by atoms with van der Waals surface area (Å²) in [4.78, 5) is 23.0. The molecule has 1 atom stereocenters. The van der Waals surface area contributed by atoms with Crippen LogP contribution in [0.2, 0.25) is 0 Å². The van der Waals surface area contributed by atoms with Gasteiger partial charge in [-0.25, -0.2) is 4.79 Å². The lowest BCUT2D eigenvalue weighted by molar-refractivity contribution is -0.121. The van der Waals surface area contributed by atoms with Crippen molar-refractivity contribution >= 4 is 11.9 Å². The van der Waals surface area contributed by atoms with Crippen molar-refractivity contribution in [3.8, 4) is 11.5 Å². The SMILES string of the molecule is COc1ccc(CC(C)NC(=O)Cc2ccc(C(=O)O)cc2)cc1OC. The van der Waals surface area contributed by atoms with Gasteiger partial charge in [0.25, 0.3) is 0 Å². The van der Waals surface area contributed by atoms with Crippen LogP contribution in [0.25, 0.3) is 0 Å². The highest BCUT2D eigenvalue weighted by Gasteiger charge is 2.12. The van der Waals surface area contributed by atoms with Gasteiger partial charge in [0.05, 0.1) is 26.2 Å². The Labute approximate surface area is 152 Å². The van der Waals surface area contributed by atoms with Crippen LogP contribution in [0.1, 0.15) is 28.4 Å². The van der Waals surface area contributed by atoms with E-state index in [2.05, 4.69) is 5.32 Å². The predicted molar refractivity (Wildman–Crippen MR) is 98.0 cm³/mol. The first-order valence-electron chi connectivity index (χ1n) is 8.25. The molecule has 0 aromatic heterocycles. The molecule has 6 heteroatoms. The Morgan fingerprint density at radius 2 is 1.62 bits per heavy atom. The molecule has 6 nitrogen and oxygen atoms in total. The fraction of sp³-hybridized carbons (Fsp3) is 0.300. The Morgan fingerprint density at radius 1 is 1.00 bits per heavy atom. The Balaban J connectivity index is 1.91. The van der Waals surface area contributed by atoms with Crippen LogP contribution in [0.3, 0.4) is 0 Å². The fourth-order valence-corrected chi connectivity index (χ4v) is 2.69. The van der Waals surface area contributed by atoms with E-state index in [9.17, 15) is 9.59 Å². The largest absolute Gasteiger partial charge is 0.493 e. The Kier molecular flexibility index (Phi) is 6.60. The highest BCUT2D eigenvalue weighted by Crippen LogP contribution is 2.27. The minimum atomic E-state index is -0.982. The highest BCUT2D eigenvalue weighted by atomic mass is 16.5. The average Bonchev–Trinajstić information content (AvgIpc) is 2.61. The molecule has 0 heterocycles. The van der Waals surface area contributed by atoms with Crippen molar-refractivity contribution in [2.45, 2.75) is 25.8 Å². The number of benzene rings is 2. The molecular weight excluding hydrogens is 334 g/mol. The average molecular weight is 357 g/mol. The summed E-state index contributed by atoms with van der Waals surface area (Å²) < 4.78 is 10.5. The number of hydrogen-bond donors (Lipinski definition) is 2. The number of aromatic carboxylic acids is 1. The number of carbonyl (C=O) groups excluding carboxylic acids is 1. The number of rotatable bonds is 8. The monoisotopic (exact) mass is 357 g/mol. The summed E-state index contributed by atoms with van der Waals surface area (Å²) in [6.45, 7) is 1.93. The predicted octanol–water partition coefficient (Wildman–Crippen LogP) is 2.69. The first-order valence-corrected chi connectivity index (χ1v) is 8.25. The van der Waals surface area contributed by atoms with Gasteiger partial charge in [-0.05, 0) is 48.7 Å². The number of carboxylic acids is 1. The van der Waals surface area contributed by atoms with Crippen molar-refractivity contribution in [3.05, 3.63) is 59.2 Å². The molecule has 1 amide bonds. The number of carboxylic acid groups (broad SMARTS) is 1.